The minimum atomic E-state index is -0.750. The first-order valence-corrected chi connectivity index (χ1v) is 18.4. The molecule has 6 aromatic rings. The van der Waals surface area contributed by atoms with Gasteiger partial charge in [0.2, 0.25) is 0 Å². The van der Waals surface area contributed by atoms with Crippen LogP contribution in [0.2, 0.25) is 10.0 Å². The number of halogens is 4. The summed E-state index contributed by atoms with van der Waals surface area (Å²) in [4.78, 5) is 9.73. The Bertz CT molecular complexity index is 1500. The summed E-state index contributed by atoms with van der Waals surface area (Å²) in [5.74, 6) is 0. The predicted octanol–water partition coefficient (Wildman–Crippen LogP) is 4.44. The van der Waals surface area contributed by atoms with Crippen molar-refractivity contribution >= 4 is 53.9 Å². The summed E-state index contributed by atoms with van der Waals surface area (Å²) in [6.45, 7) is 0. The summed E-state index contributed by atoms with van der Waals surface area (Å²) in [6.07, 6.45) is 0. The van der Waals surface area contributed by atoms with Crippen molar-refractivity contribution in [3.8, 4) is 0 Å². The van der Waals surface area contributed by atoms with Gasteiger partial charge >= 0.3 is 26.2 Å². The minimum Gasteiger partial charge on any atom is -1.00 e. The summed E-state index contributed by atoms with van der Waals surface area (Å²) in [5, 5.41) is 1.46. The monoisotopic (exact) mass is 804 g/mol. The maximum Gasteiger partial charge on any atom is 4.00 e. The van der Waals surface area contributed by atoms with Crippen LogP contribution in [0.1, 0.15) is 33.3 Å². The molecule has 0 saturated carbocycles. The molecule has 0 aliphatic carbocycles. The quantitative estimate of drug-likeness (QED) is 0.184. The van der Waals surface area contributed by atoms with Gasteiger partial charge in [0.15, 0.2) is 0 Å². The summed E-state index contributed by atoms with van der Waals surface area (Å²) in [6, 6.07) is 58.1. The van der Waals surface area contributed by atoms with E-state index in [1.54, 1.807) is 0 Å². The molecule has 0 radical (unpaired) electrons. The average molecular weight is 808 g/mol. The molecule has 0 atom stereocenters. The molecule has 0 N–H and O–H groups in total. The Morgan fingerprint density at radius 2 is 0.596 bits per heavy atom. The first-order valence-electron chi connectivity index (χ1n) is 14.7. The molecule has 47 heavy (non-hydrogen) atoms. The Kier molecular flexibility index (Phi) is 19.1. The van der Waals surface area contributed by atoms with Crippen molar-refractivity contribution in [3.63, 3.8) is 0 Å². The molecule has 6 rings (SSSR count). The third-order valence-corrected chi connectivity index (χ3v) is 11.7. The molecule has 0 bridgehead atoms. The van der Waals surface area contributed by atoms with Crippen LogP contribution in [0.25, 0.3) is 9.96 Å². The first kappa shape index (κ1) is 40.6. The molecule has 0 spiro atoms. The van der Waals surface area contributed by atoms with Crippen LogP contribution >= 0.6 is 23.2 Å². The Morgan fingerprint density at radius 3 is 0.851 bits per heavy atom. The Balaban J connectivity index is 0.000000307. The number of benzene rings is 6. The fourth-order valence-corrected chi connectivity index (χ4v) is 8.92. The van der Waals surface area contributed by atoms with Crippen molar-refractivity contribution < 1.29 is 51.0 Å². The summed E-state index contributed by atoms with van der Waals surface area (Å²) in [7, 11) is -1.50. The van der Waals surface area contributed by atoms with Crippen molar-refractivity contribution in [1.29, 1.82) is 0 Å². The molecule has 2 nitrogen and oxygen atoms in total. The number of nitrogens with zero attached hydrogens (tertiary/aromatic N) is 2. The minimum absolute atomic E-state index is 0. The Morgan fingerprint density at radius 1 is 0.362 bits per heavy atom. The van der Waals surface area contributed by atoms with Crippen LogP contribution in [-0.2, 0) is 26.2 Å². The van der Waals surface area contributed by atoms with Gasteiger partial charge in [0.05, 0.1) is 0 Å². The van der Waals surface area contributed by atoms with Gasteiger partial charge in [-0.1, -0.05) is 200 Å². The zero-order chi connectivity index (χ0) is 30.4. The van der Waals surface area contributed by atoms with Gasteiger partial charge in [-0.05, 0) is 45.5 Å². The van der Waals surface area contributed by atoms with Gasteiger partial charge in [0, 0.05) is 10.0 Å². The second-order valence-corrected chi connectivity index (χ2v) is 14.1. The van der Waals surface area contributed by atoms with E-state index in [1.165, 1.54) is 22.3 Å². The van der Waals surface area contributed by atoms with E-state index in [1.807, 2.05) is 48.5 Å². The zero-order valence-corrected chi connectivity index (χ0v) is 34.0. The fraction of sp³-hybridized carbons (Fsp3) is 0.0526. The van der Waals surface area contributed by atoms with Gasteiger partial charge in [0.25, 0.3) is 0 Å². The van der Waals surface area contributed by atoms with Crippen LogP contribution in [0.5, 0.6) is 0 Å². The van der Waals surface area contributed by atoms with Crippen LogP contribution in [0.3, 0.4) is 0 Å². The second kappa shape index (κ2) is 22.1. The van der Waals surface area contributed by atoms with Gasteiger partial charge < -0.3 is 34.8 Å². The molecule has 236 valence electrons. The summed E-state index contributed by atoms with van der Waals surface area (Å²) >= 11 is 12.5. The molecule has 0 amide bonds. The van der Waals surface area contributed by atoms with Crippen molar-refractivity contribution in [2.75, 3.05) is 0 Å². The van der Waals surface area contributed by atoms with Crippen LogP contribution in [0.15, 0.2) is 170 Å². The second-order valence-electron chi connectivity index (χ2n) is 10.3. The maximum atomic E-state index is 6.23. The van der Waals surface area contributed by atoms with E-state index in [0.717, 1.165) is 21.4 Å². The molecule has 0 heterocycles. The van der Waals surface area contributed by atoms with Gasteiger partial charge in [-0.25, -0.2) is 0 Å². The number of rotatable bonds is 10. The first-order chi connectivity index (χ1) is 21.7. The summed E-state index contributed by atoms with van der Waals surface area (Å²) < 4.78 is 0. The average Bonchev–Trinajstić information content (AvgIpc) is 3.09. The molecular weight excluding hydrogens is 774 g/mol. The van der Waals surface area contributed by atoms with E-state index in [9.17, 15) is 0 Å². The Hall–Kier alpha value is -2.60. The SMILES string of the molecule is Clc1ccccc1[N-][SiH2]C(c1ccccc1)c1ccccc1.Clc1ccccc1[N-][SiH2]C(c1ccccc1)c1ccccc1.[Cl-].[Cl-].[Zr+4]. The standard InChI is InChI=1S/2C19H17ClNSi.2ClH.Zr/c2*20-17-13-7-8-14-18(17)21-22-19(15-9-3-1-4-10-15)16-11-5-2-6-12-16;;;/h2*1-14,19H,22H2;2*1H;/q2*-1;;;+4/p-2. The van der Waals surface area contributed by atoms with Crippen molar-refractivity contribution in [2.45, 2.75) is 11.1 Å². The van der Waals surface area contributed by atoms with Crippen LogP contribution < -0.4 is 24.8 Å². The zero-order valence-electron chi connectivity index (χ0n) is 25.6. The molecule has 0 aromatic heterocycles. The van der Waals surface area contributed by atoms with Gasteiger partial charge in [-0.15, -0.1) is 11.4 Å². The third-order valence-electron chi connectivity index (χ3n) is 7.40. The van der Waals surface area contributed by atoms with Gasteiger partial charge in [0.1, 0.15) is 0 Å². The molecule has 0 fully saturated rings. The van der Waals surface area contributed by atoms with Crippen LogP contribution in [0.4, 0.5) is 11.4 Å². The van der Waals surface area contributed by atoms with E-state index in [4.69, 9.17) is 33.2 Å². The molecule has 0 aliphatic heterocycles. The van der Waals surface area contributed by atoms with E-state index >= 15 is 0 Å². The molecule has 0 aliphatic rings. The topological polar surface area (TPSA) is 28.2 Å². The predicted molar refractivity (Wildman–Crippen MR) is 195 cm³/mol. The molecule has 0 unspecified atom stereocenters. The van der Waals surface area contributed by atoms with Crippen molar-refractivity contribution in [1.82, 2.24) is 0 Å². The third kappa shape index (κ3) is 12.4. The summed E-state index contributed by atoms with van der Waals surface area (Å²) in [5.41, 5.74) is 7.89. The van der Waals surface area contributed by atoms with Crippen LogP contribution in [0, 0.1) is 0 Å². The van der Waals surface area contributed by atoms with E-state index in [2.05, 4.69) is 121 Å². The molecule has 9 heteroatoms. The van der Waals surface area contributed by atoms with Crippen LogP contribution in [-0.4, -0.2) is 19.4 Å². The fourth-order valence-electron chi connectivity index (χ4n) is 5.09. The molecular formula is C38H34Cl4N2Si2Zr. The smallest absolute Gasteiger partial charge is 1.00 e. The van der Waals surface area contributed by atoms with Crippen molar-refractivity contribution in [3.05, 3.63) is 212 Å². The molecule has 0 saturated heterocycles. The Labute approximate surface area is 325 Å². The maximum absolute atomic E-state index is 6.23. The van der Waals surface area contributed by atoms with E-state index in [-0.39, 0.29) is 51.0 Å². The van der Waals surface area contributed by atoms with E-state index < -0.39 is 19.4 Å². The largest absolute Gasteiger partial charge is 4.00 e. The number of hydrogen-bond donors (Lipinski definition) is 0. The molecule has 6 aromatic carbocycles. The van der Waals surface area contributed by atoms with Gasteiger partial charge in [-0.2, -0.15) is 0 Å². The van der Waals surface area contributed by atoms with Gasteiger partial charge in [-0.3, -0.25) is 0 Å². The van der Waals surface area contributed by atoms with E-state index in [0.29, 0.717) is 11.1 Å². The normalized spacial score (nSPS) is 10.5. The number of hydrogen-bond acceptors (Lipinski definition) is 0. The van der Waals surface area contributed by atoms with Crippen molar-refractivity contribution in [2.24, 2.45) is 0 Å².